The number of benzene rings is 2. The number of carbonyl (C=O) groups is 1. The summed E-state index contributed by atoms with van der Waals surface area (Å²) in [5.41, 5.74) is 1.51. The molecular formula is C15H14Cl3NO. The lowest BCUT2D eigenvalue weighted by atomic mass is 10.1. The van der Waals surface area contributed by atoms with Crippen LogP contribution in [-0.4, -0.2) is 12.3 Å². The smallest absolute Gasteiger partial charge is 0.166 e. The van der Waals surface area contributed by atoms with Crippen molar-refractivity contribution in [2.24, 2.45) is 0 Å². The Morgan fingerprint density at radius 2 is 1.65 bits per heavy atom. The van der Waals surface area contributed by atoms with E-state index in [1.54, 1.807) is 24.3 Å². The third kappa shape index (κ3) is 4.71. The minimum absolute atomic E-state index is 0. The van der Waals surface area contributed by atoms with Crippen LogP contribution in [0.5, 0.6) is 0 Å². The third-order valence-electron chi connectivity index (χ3n) is 2.70. The van der Waals surface area contributed by atoms with Crippen LogP contribution in [0.2, 0.25) is 10.0 Å². The molecule has 20 heavy (non-hydrogen) atoms. The minimum Gasteiger partial charge on any atom is -0.385 e. The van der Waals surface area contributed by atoms with Gasteiger partial charge in [-0.15, -0.1) is 12.4 Å². The van der Waals surface area contributed by atoms with E-state index in [0.717, 1.165) is 5.69 Å². The molecule has 0 amide bonds. The Morgan fingerprint density at radius 3 is 2.30 bits per heavy atom. The van der Waals surface area contributed by atoms with Crippen molar-refractivity contribution in [3.63, 3.8) is 0 Å². The van der Waals surface area contributed by atoms with Crippen LogP contribution in [0.4, 0.5) is 5.69 Å². The van der Waals surface area contributed by atoms with Gasteiger partial charge in [0.15, 0.2) is 5.78 Å². The fourth-order valence-corrected chi connectivity index (χ4v) is 2.08. The fraction of sp³-hybridized carbons (Fsp3) is 0.133. The molecule has 106 valence electrons. The van der Waals surface area contributed by atoms with E-state index in [-0.39, 0.29) is 18.2 Å². The Hall–Kier alpha value is -1.22. The molecule has 5 heteroatoms. The van der Waals surface area contributed by atoms with Gasteiger partial charge in [0, 0.05) is 29.2 Å². The SMILES string of the molecule is Cl.O=C(CCNc1ccc(Cl)cc1)c1ccccc1Cl. The highest BCUT2D eigenvalue weighted by molar-refractivity contribution is 6.34. The first-order valence-electron chi connectivity index (χ1n) is 5.94. The van der Waals surface area contributed by atoms with Crippen molar-refractivity contribution >= 4 is 47.1 Å². The van der Waals surface area contributed by atoms with E-state index in [4.69, 9.17) is 23.2 Å². The monoisotopic (exact) mass is 329 g/mol. The first kappa shape index (κ1) is 16.8. The van der Waals surface area contributed by atoms with E-state index >= 15 is 0 Å². The van der Waals surface area contributed by atoms with Crippen LogP contribution in [0.25, 0.3) is 0 Å². The van der Waals surface area contributed by atoms with Crippen molar-refractivity contribution in [2.75, 3.05) is 11.9 Å². The second kappa shape index (κ2) is 8.15. The summed E-state index contributed by atoms with van der Waals surface area (Å²) in [6.07, 6.45) is 0.395. The predicted octanol–water partition coefficient (Wildman–Crippen LogP) is 5.10. The van der Waals surface area contributed by atoms with Gasteiger partial charge in [0.1, 0.15) is 0 Å². The number of rotatable bonds is 5. The molecule has 0 spiro atoms. The highest BCUT2D eigenvalue weighted by atomic mass is 35.5. The van der Waals surface area contributed by atoms with Crippen molar-refractivity contribution in [3.05, 3.63) is 64.1 Å². The Morgan fingerprint density at radius 1 is 1.00 bits per heavy atom. The van der Waals surface area contributed by atoms with Crippen molar-refractivity contribution < 1.29 is 4.79 Å². The van der Waals surface area contributed by atoms with Crippen LogP contribution in [0.3, 0.4) is 0 Å². The molecule has 1 N–H and O–H groups in total. The molecular weight excluding hydrogens is 317 g/mol. The second-order valence-electron chi connectivity index (χ2n) is 4.09. The van der Waals surface area contributed by atoms with Gasteiger partial charge in [0.2, 0.25) is 0 Å². The topological polar surface area (TPSA) is 29.1 Å². The van der Waals surface area contributed by atoms with Crippen molar-refractivity contribution in [1.82, 2.24) is 0 Å². The van der Waals surface area contributed by atoms with Crippen LogP contribution in [-0.2, 0) is 0 Å². The van der Waals surface area contributed by atoms with E-state index in [1.165, 1.54) is 0 Å². The van der Waals surface area contributed by atoms with E-state index in [1.807, 2.05) is 24.3 Å². The summed E-state index contributed by atoms with van der Waals surface area (Å²) >= 11 is 11.8. The molecule has 0 atom stereocenters. The highest BCUT2D eigenvalue weighted by Crippen LogP contribution is 2.17. The average Bonchev–Trinajstić information content (AvgIpc) is 2.41. The molecule has 2 aromatic carbocycles. The first-order valence-corrected chi connectivity index (χ1v) is 6.69. The van der Waals surface area contributed by atoms with Crippen LogP contribution >= 0.6 is 35.6 Å². The van der Waals surface area contributed by atoms with Gasteiger partial charge in [-0.2, -0.15) is 0 Å². The Kier molecular flexibility index (Phi) is 6.86. The lowest BCUT2D eigenvalue weighted by Crippen LogP contribution is -2.09. The minimum atomic E-state index is 0. The Balaban J connectivity index is 0.00000200. The lowest BCUT2D eigenvalue weighted by molar-refractivity contribution is 0.0986. The summed E-state index contributed by atoms with van der Waals surface area (Å²) in [5.74, 6) is 0.0343. The van der Waals surface area contributed by atoms with Gasteiger partial charge in [-0.1, -0.05) is 35.3 Å². The van der Waals surface area contributed by atoms with Crippen molar-refractivity contribution in [2.45, 2.75) is 6.42 Å². The number of hydrogen-bond acceptors (Lipinski definition) is 2. The van der Waals surface area contributed by atoms with Gasteiger partial charge in [0.25, 0.3) is 0 Å². The number of halogens is 3. The van der Waals surface area contributed by atoms with Crippen LogP contribution < -0.4 is 5.32 Å². The molecule has 0 bridgehead atoms. The molecule has 0 aliphatic rings. The fourth-order valence-electron chi connectivity index (χ4n) is 1.71. The second-order valence-corrected chi connectivity index (χ2v) is 4.93. The molecule has 0 unspecified atom stereocenters. The van der Waals surface area contributed by atoms with E-state index in [2.05, 4.69) is 5.32 Å². The van der Waals surface area contributed by atoms with Gasteiger partial charge >= 0.3 is 0 Å². The Labute approximate surface area is 134 Å². The maximum Gasteiger partial charge on any atom is 0.166 e. The van der Waals surface area contributed by atoms with Gasteiger partial charge in [-0.3, -0.25) is 4.79 Å². The van der Waals surface area contributed by atoms with E-state index < -0.39 is 0 Å². The van der Waals surface area contributed by atoms with Gasteiger partial charge in [0.05, 0.1) is 5.02 Å². The summed E-state index contributed by atoms with van der Waals surface area (Å²) < 4.78 is 0. The summed E-state index contributed by atoms with van der Waals surface area (Å²) in [5, 5.41) is 4.36. The lowest BCUT2D eigenvalue weighted by Gasteiger charge is -2.06. The maximum atomic E-state index is 12.0. The third-order valence-corrected chi connectivity index (χ3v) is 3.28. The molecule has 0 fully saturated rings. The van der Waals surface area contributed by atoms with E-state index in [0.29, 0.717) is 28.6 Å². The summed E-state index contributed by atoms with van der Waals surface area (Å²) in [4.78, 5) is 12.0. The van der Waals surface area contributed by atoms with Crippen molar-refractivity contribution in [1.29, 1.82) is 0 Å². The number of ketones is 1. The number of carbonyl (C=O) groups excluding carboxylic acids is 1. The zero-order valence-corrected chi connectivity index (χ0v) is 12.9. The number of Topliss-reactive ketones (excluding diaryl/α,β-unsaturated/α-hetero) is 1. The number of anilines is 1. The maximum absolute atomic E-state index is 12.0. The standard InChI is InChI=1S/C15H13Cl2NO.ClH/c16-11-5-7-12(8-6-11)18-10-9-15(19)13-3-1-2-4-14(13)17;/h1-8,18H,9-10H2;1H. The molecule has 0 heterocycles. The average molecular weight is 331 g/mol. The molecule has 2 aromatic rings. The highest BCUT2D eigenvalue weighted by Gasteiger charge is 2.08. The quantitative estimate of drug-likeness (QED) is 0.773. The number of hydrogen-bond donors (Lipinski definition) is 1. The van der Waals surface area contributed by atoms with E-state index in [9.17, 15) is 4.79 Å². The van der Waals surface area contributed by atoms with Gasteiger partial charge < -0.3 is 5.32 Å². The van der Waals surface area contributed by atoms with Gasteiger partial charge in [-0.05, 0) is 36.4 Å². The first-order chi connectivity index (χ1) is 9.16. The summed E-state index contributed by atoms with van der Waals surface area (Å²) in [6, 6.07) is 14.5. The zero-order chi connectivity index (χ0) is 13.7. The molecule has 0 aliphatic carbocycles. The summed E-state index contributed by atoms with van der Waals surface area (Å²) in [7, 11) is 0. The Bertz CT molecular complexity index is 570. The zero-order valence-electron chi connectivity index (χ0n) is 10.6. The van der Waals surface area contributed by atoms with Crippen molar-refractivity contribution in [3.8, 4) is 0 Å². The molecule has 0 aliphatic heterocycles. The summed E-state index contributed by atoms with van der Waals surface area (Å²) in [6.45, 7) is 0.561. The largest absolute Gasteiger partial charge is 0.385 e. The van der Waals surface area contributed by atoms with Crippen LogP contribution in [0.15, 0.2) is 48.5 Å². The number of nitrogens with one attached hydrogen (secondary N) is 1. The molecule has 2 rings (SSSR count). The molecule has 2 nitrogen and oxygen atoms in total. The molecule has 0 saturated carbocycles. The van der Waals surface area contributed by atoms with Crippen LogP contribution in [0, 0.1) is 0 Å². The molecule has 0 aromatic heterocycles. The molecule has 0 saturated heterocycles. The van der Waals surface area contributed by atoms with Crippen LogP contribution in [0.1, 0.15) is 16.8 Å². The molecule has 0 radical (unpaired) electrons. The predicted molar refractivity (Wildman–Crippen MR) is 87.6 cm³/mol. The van der Waals surface area contributed by atoms with Gasteiger partial charge in [-0.25, -0.2) is 0 Å². The normalized spacial score (nSPS) is 9.70.